The van der Waals surface area contributed by atoms with E-state index in [-0.39, 0.29) is 5.76 Å². The summed E-state index contributed by atoms with van der Waals surface area (Å²) in [5, 5.41) is 10.1. The van der Waals surface area contributed by atoms with E-state index in [0.29, 0.717) is 12.0 Å². The van der Waals surface area contributed by atoms with Crippen LogP contribution in [-0.4, -0.2) is 18.2 Å². The van der Waals surface area contributed by atoms with Gasteiger partial charge in [0.25, 0.3) is 0 Å². The zero-order chi connectivity index (χ0) is 14.3. The molecule has 1 N–H and O–H groups in total. The number of allylic oxidation sites excluding steroid dienone is 1. The van der Waals surface area contributed by atoms with Gasteiger partial charge in [-0.1, -0.05) is 0 Å². The number of aliphatic hydroxyl groups is 1. The number of aliphatic hydroxyl groups excluding tert-OH is 1. The van der Waals surface area contributed by atoms with Crippen LogP contribution in [0.1, 0.15) is 39.8 Å². The summed E-state index contributed by atoms with van der Waals surface area (Å²) in [4.78, 5) is 12.0. The lowest BCUT2D eigenvalue weighted by Crippen LogP contribution is -2.17. The molecule has 0 heterocycles. The normalized spacial score (nSPS) is 14.4. The lowest BCUT2D eigenvalue weighted by atomic mass is 9.80. The molecule has 0 unspecified atom stereocenters. The third-order valence-electron chi connectivity index (χ3n) is 4.36. The van der Waals surface area contributed by atoms with Crippen LogP contribution in [0.2, 0.25) is 0 Å². The van der Waals surface area contributed by atoms with E-state index in [9.17, 15) is 9.90 Å². The average Bonchev–Trinajstić information content (AvgIpc) is 2.41. The van der Waals surface area contributed by atoms with Gasteiger partial charge in [0.2, 0.25) is 0 Å². The number of esters is 1. The Balaban J connectivity index is 2.82. The number of carbonyl (C=O) groups is 1. The van der Waals surface area contributed by atoms with Crippen molar-refractivity contribution in [1.29, 1.82) is 0 Å². The molecule has 2 rings (SSSR count). The van der Waals surface area contributed by atoms with Crippen molar-refractivity contribution in [3.63, 3.8) is 0 Å². The minimum absolute atomic E-state index is 0.144. The highest BCUT2D eigenvalue weighted by atomic mass is 16.5. The highest BCUT2D eigenvalue weighted by Gasteiger charge is 2.29. The second-order valence-electron chi connectivity index (χ2n) is 5.17. The average molecular weight is 260 g/mol. The first-order valence-corrected chi connectivity index (χ1v) is 6.50. The SMILES string of the molecule is COC(=O)C1=C(O)CCc2c(C)c(C)c(C)c(C)c21. The Bertz CT molecular complexity index is 595. The fraction of sp³-hybridized carbons (Fsp3) is 0.438. The van der Waals surface area contributed by atoms with Crippen molar-refractivity contribution in [2.45, 2.75) is 40.5 Å². The standard InChI is InChI=1S/C16H20O3/c1-8-9(2)11(4)14-12(10(8)3)6-7-13(17)15(14)16(18)19-5/h17H,6-7H2,1-5H3. The monoisotopic (exact) mass is 260 g/mol. The topological polar surface area (TPSA) is 46.5 Å². The van der Waals surface area contributed by atoms with Crippen LogP contribution in [-0.2, 0) is 16.0 Å². The van der Waals surface area contributed by atoms with Crippen molar-refractivity contribution >= 4 is 11.5 Å². The molecule has 0 aromatic heterocycles. The molecule has 0 bridgehead atoms. The molecule has 1 aromatic carbocycles. The van der Waals surface area contributed by atoms with E-state index >= 15 is 0 Å². The summed E-state index contributed by atoms with van der Waals surface area (Å²) in [6.45, 7) is 8.24. The van der Waals surface area contributed by atoms with Gasteiger partial charge in [-0.3, -0.25) is 0 Å². The van der Waals surface area contributed by atoms with Gasteiger partial charge in [0.05, 0.1) is 7.11 Å². The molecule has 1 aromatic rings. The number of methoxy groups -OCH3 is 1. The van der Waals surface area contributed by atoms with Crippen molar-refractivity contribution in [2.75, 3.05) is 7.11 Å². The lowest BCUT2D eigenvalue weighted by Gasteiger charge is -2.25. The van der Waals surface area contributed by atoms with Crippen LogP contribution in [0.15, 0.2) is 5.76 Å². The molecule has 0 saturated heterocycles. The van der Waals surface area contributed by atoms with Crippen LogP contribution in [0.4, 0.5) is 0 Å². The maximum absolute atomic E-state index is 12.0. The Kier molecular flexibility index (Phi) is 3.40. The quantitative estimate of drug-likeness (QED) is 0.788. The number of ether oxygens (including phenoxy) is 1. The Morgan fingerprint density at radius 3 is 2.16 bits per heavy atom. The third-order valence-corrected chi connectivity index (χ3v) is 4.36. The first kappa shape index (κ1) is 13.7. The van der Waals surface area contributed by atoms with Gasteiger partial charge >= 0.3 is 5.97 Å². The Morgan fingerprint density at radius 1 is 1.00 bits per heavy atom. The van der Waals surface area contributed by atoms with E-state index in [1.165, 1.54) is 29.4 Å². The number of rotatable bonds is 1. The predicted octanol–water partition coefficient (Wildman–Crippen LogP) is 3.31. The van der Waals surface area contributed by atoms with Crippen LogP contribution >= 0.6 is 0 Å². The zero-order valence-electron chi connectivity index (χ0n) is 12.2. The van der Waals surface area contributed by atoms with E-state index < -0.39 is 5.97 Å². The van der Waals surface area contributed by atoms with E-state index in [1.54, 1.807) is 0 Å². The van der Waals surface area contributed by atoms with Crippen LogP contribution in [0.25, 0.3) is 5.57 Å². The summed E-state index contributed by atoms with van der Waals surface area (Å²) in [6.07, 6.45) is 1.27. The van der Waals surface area contributed by atoms with Gasteiger partial charge in [-0.15, -0.1) is 0 Å². The van der Waals surface area contributed by atoms with Crippen molar-refractivity contribution in [3.8, 4) is 0 Å². The van der Waals surface area contributed by atoms with Crippen molar-refractivity contribution in [3.05, 3.63) is 39.1 Å². The maximum atomic E-state index is 12.0. The number of hydrogen-bond donors (Lipinski definition) is 1. The molecule has 0 atom stereocenters. The largest absolute Gasteiger partial charge is 0.511 e. The van der Waals surface area contributed by atoms with E-state index in [4.69, 9.17) is 4.74 Å². The first-order valence-electron chi connectivity index (χ1n) is 6.50. The van der Waals surface area contributed by atoms with Crippen molar-refractivity contribution in [1.82, 2.24) is 0 Å². The van der Waals surface area contributed by atoms with Gasteiger partial charge < -0.3 is 9.84 Å². The molecular formula is C16H20O3. The number of benzene rings is 1. The second-order valence-corrected chi connectivity index (χ2v) is 5.17. The fourth-order valence-corrected chi connectivity index (χ4v) is 2.88. The zero-order valence-corrected chi connectivity index (χ0v) is 12.2. The molecule has 1 aliphatic carbocycles. The Morgan fingerprint density at radius 2 is 1.58 bits per heavy atom. The first-order chi connectivity index (χ1) is 8.90. The highest BCUT2D eigenvalue weighted by Crippen LogP contribution is 2.38. The van der Waals surface area contributed by atoms with E-state index in [2.05, 4.69) is 20.8 Å². The van der Waals surface area contributed by atoms with Crippen LogP contribution in [0.3, 0.4) is 0 Å². The predicted molar refractivity (Wildman–Crippen MR) is 75.3 cm³/mol. The van der Waals surface area contributed by atoms with Gasteiger partial charge in [-0.25, -0.2) is 4.79 Å². The molecule has 0 saturated carbocycles. The van der Waals surface area contributed by atoms with Gasteiger partial charge in [-0.05, 0) is 67.5 Å². The van der Waals surface area contributed by atoms with Crippen molar-refractivity contribution in [2.24, 2.45) is 0 Å². The lowest BCUT2D eigenvalue weighted by molar-refractivity contribution is -0.133. The molecule has 3 nitrogen and oxygen atoms in total. The van der Waals surface area contributed by atoms with Crippen molar-refractivity contribution < 1.29 is 14.6 Å². The molecule has 0 amide bonds. The molecule has 0 aliphatic heterocycles. The molecular weight excluding hydrogens is 240 g/mol. The molecule has 19 heavy (non-hydrogen) atoms. The molecule has 0 fully saturated rings. The number of fused-ring (bicyclic) bond motifs is 1. The summed E-state index contributed by atoms with van der Waals surface area (Å²) in [5.74, 6) is -0.311. The van der Waals surface area contributed by atoms with Crippen LogP contribution in [0, 0.1) is 27.7 Å². The Labute approximate surface area is 113 Å². The van der Waals surface area contributed by atoms with Gasteiger partial charge in [0.1, 0.15) is 11.3 Å². The summed E-state index contributed by atoms with van der Waals surface area (Å²) in [7, 11) is 1.35. The maximum Gasteiger partial charge on any atom is 0.341 e. The van der Waals surface area contributed by atoms with Crippen LogP contribution < -0.4 is 0 Å². The molecule has 102 valence electrons. The fourth-order valence-electron chi connectivity index (χ4n) is 2.88. The van der Waals surface area contributed by atoms with E-state index in [1.807, 2.05) is 6.92 Å². The van der Waals surface area contributed by atoms with Gasteiger partial charge in [-0.2, -0.15) is 0 Å². The molecule has 1 aliphatic rings. The molecule has 0 radical (unpaired) electrons. The van der Waals surface area contributed by atoms with E-state index in [0.717, 1.165) is 17.5 Å². The summed E-state index contributed by atoms with van der Waals surface area (Å²) in [5.41, 5.74) is 7.09. The minimum Gasteiger partial charge on any atom is -0.511 e. The Hall–Kier alpha value is -1.77. The van der Waals surface area contributed by atoms with Gasteiger partial charge in [0.15, 0.2) is 0 Å². The number of hydrogen-bond acceptors (Lipinski definition) is 3. The highest BCUT2D eigenvalue weighted by molar-refractivity contribution is 6.18. The summed E-state index contributed by atoms with van der Waals surface area (Å²) in [6, 6.07) is 0. The third kappa shape index (κ3) is 1.93. The number of carbonyl (C=O) groups excluding carboxylic acids is 1. The minimum atomic E-state index is -0.454. The van der Waals surface area contributed by atoms with Gasteiger partial charge in [0, 0.05) is 6.42 Å². The smallest absolute Gasteiger partial charge is 0.341 e. The molecule has 3 heteroatoms. The summed E-state index contributed by atoms with van der Waals surface area (Å²) < 4.78 is 4.83. The second kappa shape index (κ2) is 4.72. The molecule has 0 spiro atoms. The van der Waals surface area contributed by atoms with Crippen LogP contribution in [0.5, 0.6) is 0 Å². The summed E-state index contributed by atoms with van der Waals surface area (Å²) >= 11 is 0.